The Kier molecular flexibility index (Phi) is 25.8. The molecule has 21 nitrogen and oxygen atoms in total. The Hall–Kier alpha value is -6.25. The summed E-state index contributed by atoms with van der Waals surface area (Å²) < 4.78 is 0. The zero-order valence-corrected chi connectivity index (χ0v) is 49.9. The number of ketones is 2. The molecule has 0 radical (unpaired) electrons. The fourth-order valence-electron chi connectivity index (χ4n) is 10.5. The average molecular weight is 1110 g/mol. The van der Waals surface area contributed by atoms with E-state index in [-0.39, 0.29) is 18.8 Å². The Labute approximate surface area is 468 Å². The predicted octanol–water partition coefficient (Wildman–Crippen LogP) is 2.55. The van der Waals surface area contributed by atoms with Gasteiger partial charge in [-0.2, -0.15) is 0 Å². The molecule has 3 N–H and O–H groups in total. The predicted molar refractivity (Wildman–Crippen MR) is 298 cm³/mol. The van der Waals surface area contributed by atoms with Gasteiger partial charge < -0.3 is 50.0 Å². The molecule has 1 aromatic carbocycles. The minimum absolute atomic E-state index is 0.00222. The number of hydrogen-bond acceptors (Lipinski definition) is 12. The lowest BCUT2D eigenvalue weighted by Crippen LogP contribution is -2.60. The molecule has 442 valence electrons. The minimum Gasteiger partial charge on any atom is -0.393 e. The molecule has 1 aromatic rings. The first kappa shape index (κ1) is 67.0. The fraction of sp³-hybridized carbons (Fsp3) is 0.707. The van der Waals surface area contributed by atoms with E-state index in [9.17, 15) is 57.8 Å². The monoisotopic (exact) mass is 1110 g/mol. The smallest absolute Gasteiger partial charge is 0.245 e. The number of rotatable bonds is 9. The van der Waals surface area contributed by atoms with E-state index >= 15 is 0 Å². The Morgan fingerprint density at radius 2 is 1.19 bits per heavy atom. The number of carbonyl (C=O) groups is 11. The van der Waals surface area contributed by atoms with Crippen LogP contribution in [-0.2, 0) is 59.2 Å². The quantitative estimate of drug-likeness (QED) is 0.323. The number of likely N-dealkylation sites (N-methyl/N-ethyl adjacent to an activating group) is 6. The van der Waals surface area contributed by atoms with Crippen LogP contribution in [0.15, 0.2) is 30.3 Å². The first-order valence-corrected chi connectivity index (χ1v) is 28.1. The van der Waals surface area contributed by atoms with E-state index in [1.54, 1.807) is 56.0 Å². The van der Waals surface area contributed by atoms with Crippen LogP contribution in [0.25, 0.3) is 0 Å². The molecule has 0 aliphatic carbocycles. The maximum atomic E-state index is 14.8. The highest BCUT2D eigenvalue weighted by molar-refractivity contribution is 5.99. The zero-order valence-electron chi connectivity index (χ0n) is 49.9. The van der Waals surface area contributed by atoms with Gasteiger partial charge in [0.1, 0.15) is 30.2 Å². The highest BCUT2D eigenvalue weighted by atomic mass is 16.3. The van der Waals surface area contributed by atoms with Crippen LogP contribution in [0.2, 0.25) is 0 Å². The van der Waals surface area contributed by atoms with Crippen molar-refractivity contribution in [3.05, 3.63) is 35.9 Å². The standard InChI is InChI=1S/C58H93N9O12/c1-17-36(6)51-53(74)59-37(7)46(69)30-42(55(76)67-26-22-19-23-27-67)31-48(71)62(12)38(8)47(70)32-43(40(10)68)56(77)63(13)39(9)54(75)65(15)50(35(4)5)52(73)60-44(29-41-24-20-18-21-25-41)57(78)61(11)33-49(72)64(14)45(28-34(2)3)58(79)66(51)16/h18,20-21,24-25,34-40,42-45,50-51,68H,17,19,22-23,26-33H2,1-16H3,(H,59,74)(H,60,73)/t36-,37-,38-,39-,40+,42-,43-,44-,45-,50-,51-/m0/s1. The minimum atomic E-state index is -1.39. The summed E-state index contributed by atoms with van der Waals surface area (Å²) in [4.78, 5) is 166. The highest BCUT2D eigenvalue weighted by Gasteiger charge is 2.42. The fourth-order valence-corrected chi connectivity index (χ4v) is 10.5. The lowest BCUT2D eigenvalue weighted by Gasteiger charge is -2.38. The molecule has 0 saturated carbocycles. The van der Waals surface area contributed by atoms with Crippen molar-refractivity contribution >= 4 is 64.7 Å². The lowest BCUT2D eigenvalue weighted by atomic mass is 9.91. The molecule has 0 aromatic heterocycles. The average Bonchev–Trinajstić information content (AvgIpc) is 3.41. The van der Waals surface area contributed by atoms with Crippen LogP contribution in [0.4, 0.5) is 0 Å². The van der Waals surface area contributed by atoms with E-state index in [1.807, 2.05) is 20.8 Å². The molecule has 0 spiro atoms. The van der Waals surface area contributed by atoms with Gasteiger partial charge >= 0.3 is 0 Å². The molecule has 0 bridgehead atoms. The summed E-state index contributed by atoms with van der Waals surface area (Å²) in [6, 6.07) is 0.641. The Morgan fingerprint density at radius 1 is 0.620 bits per heavy atom. The van der Waals surface area contributed by atoms with E-state index in [0.717, 1.165) is 34.0 Å². The second-order valence-electron chi connectivity index (χ2n) is 23.0. The molecule has 9 amide bonds. The Bertz CT molecular complexity index is 2320. The van der Waals surface area contributed by atoms with Crippen LogP contribution in [-0.4, -0.2) is 214 Å². The number of aliphatic hydroxyl groups excluding tert-OH is 1. The third kappa shape index (κ3) is 17.9. The van der Waals surface area contributed by atoms with Crippen LogP contribution in [0.1, 0.15) is 126 Å². The van der Waals surface area contributed by atoms with Crippen LogP contribution < -0.4 is 10.6 Å². The summed E-state index contributed by atoms with van der Waals surface area (Å²) in [6.45, 7) is 16.8. The number of nitrogens with zero attached hydrogens (tertiary/aromatic N) is 7. The van der Waals surface area contributed by atoms with Gasteiger partial charge in [-0.15, -0.1) is 0 Å². The topological polar surface area (TPSA) is 255 Å². The molecule has 21 heteroatoms. The Morgan fingerprint density at radius 3 is 1.73 bits per heavy atom. The third-order valence-electron chi connectivity index (χ3n) is 16.1. The molecular weight excluding hydrogens is 1010 g/mol. The number of Topliss-reactive ketones (excluding diaryl/α,β-unsaturated/α-hetero) is 2. The van der Waals surface area contributed by atoms with E-state index in [2.05, 4.69) is 10.6 Å². The number of carbonyl (C=O) groups excluding carboxylic acids is 11. The van der Waals surface area contributed by atoms with Gasteiger partial charge in [0, 0.05) is 81.1 Å². The van der Waals surface area contributed by atoms with Crippen LogP contribution in [0.3, 0.4) is 0 Å². The number of amides is 9. The van der Waals surface area contributed by atoms with Crippen molar-refractivity contribution in [1.82, 2.24) is 44.9 Å². The van der Waals surface area contributed by atoms with Gasteiger partial charge in [0.2, 0.25) is 53.2 Å². The molecule has 3 rings (SSSR count). The van der Waals surface area contributed by atoms with E-state index in [4.69, 9.17) is 0 Å². The van der Waals surface area contributed by atoms with Gasteiger partial charge in [0.05, 0.1) is 36.6 Å². The van der Waals surface area contributed by atoms with Crippen molar-refractivity contribution in [2.45, 2.75) is 175 Å². The molecule has 0 unspecified atom stereocenters. The number of likely N-dealkylation sites (tertiary alicyclic amines) is 1. The van der Waals surface area contributed by atoms with Gasteiger partial charge in [-0.3, -0.25) is 52.7 Å². The number of aliphatic hydroxyl groups is 1. The maximum absolute atomic E-state index is 14.8. The molecule has 79 heavy (non-hydrogen) atoms. The summed E-state index contributed by atoms with van der Waals surface area (Å²) in [5.41, 5.74) is 0.681. The van der Waals surface area contributed by atoms with Crippen molar-refractivity contribution in [2.75, 3.05) is 61.9 Å². The van der Waals surface area contributed by atoms with Gasteiger partial charge in [0.25, 0.3) is 0 Å². The third-order valence-corrected chi connectivity index (χ3v) is 16.1. The van der Waals surface area contributed by atoms with Crippen molar-refractivity contribution in [3.8, 4) is 0 Å². The van der Waals surface area contributed by atoms with Crippen molar-refractivity contribution in [1.29, 1.82) is 0 Å². The summed E-state index contributed by atoms with van der Waals surface area (Å²) in [6.07, 6.45) is 0.147. The maximum Gasteiger partial charge on any atom is 0.245 e. The van der Waals surface area contributed by atoms with E-state index in [0.29, 0.717) is 25.1 Å². The van der Waals surface area contributed by atoms with E-state index in [1.165, 1.54) is 84.7 Å². The van der Waals surface area contributed by atoms with Crippen molar-refractivity contribution < 1.29 is 57.8 Å². The summed E-state index contributed by atoms with van der Waals surface area (Å²) in [5.74, 6) is -10.5. The van der Waals surface area contributed by atoms with Gasteiger partial charge in [-0.05, 0) is 76.7 Å². The first-order chi connectivity index (χ1) is 36.9. The van der Waals surface area contributed by atoms with Crippen molar-refractivity contribution in [3.63, 3.8) is 0 Å². The normalized spacial score (nSPS) is 27.6. The molecular formula is C58H93N9O12. The molecule has 2 aliphatic rings. The molecule has 2 aliphatic heterocycles. The first-order valence-electron chi connectivity index (χ1n) is 28.1. The largest absolute Gasteiger partial charge is 0.393 e. The van der Waals surface area contributed by atoms with Gasteiger partial charge in [0.15, 0.2) is 11.6 Å². The second kappa shape index (κ2) is 30.4. The highest BCUT2D eigenvalue weighted by Crippen LogP contribution is 2.25. The summed E-state index contributed by atoms with van der Waals surface area (Å²) >= 11 is 0. The number of nitrogens with one attached hydrogen (secondary N) is 2. The van der Waals surface area contributed by atoms with Crippen molar-refractivity contribution in [2.24, 2.45) is 29.6 Å². The lowest BCUT2D eigenvalue weighted by molar-refractivity contribution is -0.152. The molecule has 2 heterocycles. The van der Waals surface area contributed by atoms with Gasteiger partial charge in [-0.1, -0.05) is 78.3 Å². The number of hydrogen-bond donors (Lipinski definition) is 3. The van der Waals surface area contributed by atoms with Crippen LogP contribution in [0.5, 0.6) is 0 Å². The number of benzene rings is 1. The molecule has 2 saturated heterocycles. The van der Waals surface area contributed by atoms with Crippen LogP contribution >= 0.6 is 0 Å². The Balaban J connectivity index is 2.20. The molecule has 11 atom stereocenters. The second-order valence-corrected chi connectivity index (χ2v) is 23.0. The molecule has 2 fully saturated rings. The summed E-state index contributed by atoms with van der Waals surface area (Å²) in [5, 5.41) is 16.6. The number of piperidine rings is 1. The SMILES string of the molecule is CC[C@H](C)[C@H]1C(=O)N[C@@H](C)C(=O)C[C@H](C(=O)N2CCCCC2)CC(=O)N(C)[C@@H](C)C(=O)C[C@@H]([C@@H](C)O)C(=O)N(C)[C@@H](C)C(=O)N(C)[C@@H](C(C)C)C(=O)N[C@@H](Cc2ccccc2)C(=O)N(C)CC(=O)N(C)[C@@H](CC(C)C)C(=O)N1C. The zero-order chi connectivity index (χ0) is 59.9. The van der Waals surface area contributed by atoms with Gasteiger partial charge in [-0.25, -0.2) is 0 Å². The van der Waals surface area contributed by atoms with E-state index < -0.39 is 163 Å². The summed E-state index contributed by atoms with van der Waals surface area (Å²) in [7, 11) is 8.43. The van der Waals surface area contributed by atoms with Crippen LogP contribution in [0, 0.1) is 29.6 Å².